The fourth-order valence-electron chi connectivity index (χ4n) is 3.44. The molecule has 0 saturated carbocycles. The van der Waals surface area contributed by atoms with Crippen molar-refractivity contribution in [1.82, 2.24) is 14.9 Å². The molecule has 0 radical (unpaired) electrons. The number of ether oxygens (including phenoxy) is 1. The average molecular weight is 372 g/mol. The first-order valence-electron chi connectivity index (χ1n) is 8.48. The van der Waals surface area contributed by atoms with Gasteiger partial charge in [-0.1, -0.05) is 11.6 Å². The molecule has 1 saturated heterocycles. The van der Waals surface area contributed by atoms with Gasteiger partial charge in [-0.05, 0) is 31.0 Å². The van der Waals surface area contributed by atoms with Crippen LogP contribution in [0.5, 0.6) is 5.75 Å². The van der Waals surface area contributed by atoms with Crippen LogP contribution in [-0.4, -0.2) is 41.0 Å². The summed E-state index contributed by atoms with van der Waals surface area (Å²) in [5.74, 6) is 0.898. The zero-order valence-electron chi connectivity index (χ0n) is 14.3. The third-order valence-corrected chi connectivity index (χ3v) is 4.93. The van der Waals surface area contributed by atoms with E-state index >= 15 is 0 Å². The molecule has 0 aliphatic carbocycles. The Morgan fingerprint density at radius 2 is 2.27 bits per heavy atom. The maximum atomic E-state index is 13.0. The molecule has 26 heavy (non-hydrogen) atoms. The lowest BCUT2D eigenvalue weighted by Gasteiger charge is -2.31. The third-order valence-electron chi connectivity index (χ3n) is 4.71. The number of nitrogens with zero attached hydrogens (tertiary/aromatic N) is 3. The average Bonchev–Trinajstić information content (AvgIpc) is 3.11. The van der Waals surface area contributed by atoms with E-state index in [1.165, 1.54) is 0 Å². The molecule has 1 atom stereocenters. The quantitative estimate of drug-likeness (QED) is 0.698. The van der Waals surface area contributed by atoms with E-state index in [0.29, 0.717) is 35.2 Å². The van der Waals surface area contributed by atoms with Crippen LogP contribution in [0.3, 0.4) is 0 Å². The molecule has 7 heteroatoms. The number of carbonyl (C=O) groups is 1. The molecule has 3 heterocycles. The van der Waals surface area contributed by atoms with Gasteiger partial charge in [0, 0.05) is 47.4 Å². The first-order valence-corrected chi connectivity index (χ1v) is 8.86. The molecule has 1 aromatic carbocycles. The highest BCUT2D eigenvalue weighted by Gasteiger charge is 2.28. The Morgan fingerprint density at radius 1 is 1.38 bits per heavy atom. The van der Waals surface area contributed by atoms with Gasteiger partial charge in [0.25, 0.3) is 5.91 Å². The minimum Gasteiger partial charge on any atom is -0.493 e. The second kappa shape index (κ2) is 6.96. The van der Waals surface area contributed by atoms with Gasteiger partial charge in [-0.2, -0.15) is 0 Å². The SMILES string of the molecule is COc1cc(Cl)cc2cc(C(=O)N3CCC[C@@H](c4ccncn4)C3)oc12. The Morgan fingerprint density at radius 3 is 3.04 bits per heavy atom. The number of fused-ring (bicyclic) bond motifs is 1. The van der Waals surface area contributed by atoms with Crippen LogP contribution in [0.2, 0.25) is 5.02 Å². The van der Waals surface area contributed by atoms with Gasteiger partial charge in [-0.3, -0.25) is 4.79 Å². The summed E-state index contributed by atoms with van der Waals surface area (Å²) in [7, 11) is 1.55. The number of halogens is 1. The molecule has 1 aliphatic heterocycles. The lowest BCUT2D eigenvalue weighted by molar-refractivity contribution is 0.0676. The van der Waals surface area contributed by atoms with Gasteiger partial charge in [0.1, 0.15) is 6.33 Å². The number of rotatable bonds is 3. The van der Waals surface area contributed by atoms with Gasteiger partial charge in [0.15, 0.2) is 17.1 Å². The van der Waals surface area contributed by atoms with E-state index in [-0.39, 0.29) is 11.8 Å². The fourth-order valence-corrected chi connectivity index (χ4v) is 3.66. The summed E-state index contributed by atoms with van der Waals surface area (Å²) in [6, 6.07) is 7.07. The van der Waals surface area contributed by atoms with Crippen LogP contribution >= 0.6 is 11.6 Å². The van der Waals surface area contributed by atoms with Crippen LogP contribution < -0.4 is 4.74 Å². The highest BCUT2D eigenvalue weighted by molar-refractivity contribution is 6.31. The highest BCUT2D eigenvalue weighted by Crippen LogP contribution is 2.33. The number of furan rings is 1. The molecule has 3 aromatic rings. The van der Waals surface area contributed by atoms with E-state index in [1.807, 2.05) is 11.0 Å². The number of hydrogen-bond acceptors (Lipinski definition) is 5. The van der Waals surface area contributed by atoms with Crippen molar-refractivity contribution in [1.29, 1.82) is 0 Å². The van der Waals surface area contributed by atoms with Crippen molar-refractivity contribution >= 4 is 28.5 Å². The van der Waals surface area contributed by atoms with Crippen LogP contribution in [-0.2, 0) is 0 Å². The number of benzene rings is 1. The van der Waals surface area contributed by atoms with Crippen molar-refractivity contribution in [3.63, 3.8) is 0 Å². The van der Waals surface area contributed by atoms with Crippen LogP contribution in [0.1, 0.15) is 35.0 Å². The maximum absolute atomic E-state index is 13.0. The molecule has 1 fully saturated rings. The molecule has 4 rings (SSSR count). The second-order valence-corrected chi connectivity index (χ2v) is 6.80. The maximum Gasteiger partial charge on any atom is 0.289 e. The summed E-state index contributed by atoms with van der Waals surface area (Å²) in [4.78, 5) is 23.1. The summed E-state index contributed by atoms with van der Waals surface area (Å²) < 4.78 is 11.1. The van der Waals surface area contributed by atoms with Crippen LogP contribution in [0.15, 0.2) is 41.2 Å². The Bertz CT molecular complexity index is 942. The topological polar surface area (TPSA) is 68.5 Å². The van der Waals surface area contributed by atoms with Crippen molar-refractivity contribution in [3.05, 3.63) is 53.3 Å². The standard InChI is InChI=1S/C19H18ClN3O3/c1-25-16-9-14(20)7-13-8-17(26-18(13)16)19(24)23-6-2-3-12(10-23)15-4-5-21-11-22-15/h4-5,7-9,11-12H,2-3,6,10H2,1H3/t12-/m1/s1. The Hall–Kier alpha value is -2.60. The Labute approximate surface area is 155 Å². The predicted octanol–water partition coefficient (Wildman–Crippen LogP) is 3.90. The number of piperidine rings is 1. The molecule has 0 unspecified atom stereocenters. The minimum atomic E-state index is -0.127. The minimum absolute atomic E-state index is 0.127. The molecule has 1 aliphatic rings. The Balaban J connectivity index is 1.60. The van der Waals surface area contributed by atoms with E-state index in [4.69, 9.17) is 20.8 Å². The molecular formula is C19H18ClN3O3. The van der Waals surface area contributed by atoms with Crippen LogP contribution in [0, 0.1) is 0 Å². The van der Waals surface area contributed by atoms with Gasteiger partial charge in [0.05, 0.1) is 7.11 Å². The number of methoxy groups -OCH3 is 1. The normalized spacial score (nSPS) is 17.5. The van der Waals surface area contributed by atoms with Crippen molar-refractivity contribution < 1.29 is 13.9 Å². The molecule has 0 N–H and O–H groups in total. The smallest absolute Gasteiger partial charge is 0.289 e. The molecule has 6 nitrogen and oxygen atoms in total. The van der Waals surface area contributed by atoms with Gasteiger partial charge in [-0.15, -0.1) is 0 Å². The lowest BCUT2D eigenvalue weighted by atomic mass is 9.94. The molecule has 0 spiro atoms. The largest absolute Gasteiger partial charge is 0.493 e. The van der Waals surface area contributed by atoms with Crippen molar-refractivity contribution in [2.75, 3.05) is 20.2 Å². The van der Waals surface area contributed by atoms with E-state index in [1.54, 1.807) is 37.8 Å². The molecular weight excluding hydrogens is 354 g/mol. The zero-order chi connectivity index (χ0) is 18.1. The van der Waals surface area contributed by atoms with E-state index < -0.39 is 0 Å². The van der Waals surface area contributed by atoms with E-state index in [9.17, 15) is 4.79 Å². The van der Waals surface area contributed by atoms with Crippen molar-refractivity contribution in [2.24, 2.45) is 0 Å². The van der Waals surface area contributed by atoms with Gasteiger partial charge in [-0.25, -0.2) is 9.97 Å². The summed E-state index contributed by atoms with van der Waals surface area (Å²) in [5, 5.41) is 1.29. The van der Waals surface area contributed by atoms with Gasteiger partial charge >= 0.3 is 0 Å². The van der Waals surface area contributed by atoms with Crippen molar-refractivity contribution in [3.8, 4) is 5.75 Å². The third kappa shape index (κ3) is 3.12. The molecule has 2 aromatic heterocycles. The number of likely N-dealkylation sites (tertiary alicyclic amines) is 1. The van der Waals surface area contributed by atoms with Crippen LogP contribution in [0.4, 0.5) is 0 Å². The Kier molecular flexibility index (Phi) is 4.51. The van der Waals surface area contributed by atoms with Crippen molar-refractivity contribution in [2.45, 2.75) is 18.8 Å². The first kappa shape index (κ1) is 16.8. The number of carbonyl (C=O) groups excluding carboxylic acids is 1. The molecule has 0 bridgehead atoms. The van der Waals surface area contributed by atoms with Crippen LogP contribution in [0.25, 0.3) is 11.0 Å². The monoisotopic (exact) mass is 371 g/mol. The van der Waals surface area contributed by atoms with Gasteiger partial charge < -0.3 is 14.1 Å². The summed E-state index contributed by atoms with van der Waals surface area (Å²) >= 11 is 6.10. The molecule has 134 valence electrons. The second-order valence-electron chi connectivity index (χ2n) is 6.36. The molecule has 1 amide bonds. The number of amides is 1. The van der Waals surface area contributed by atoms with E-state index in [2.05, 4.69) is 9.97 Å². The highest BCUT2D eigenvalue weighted by atomic mass is 35.5. The van der Waals surface area contributed by atoms with Gasteiger partial charge in [0.2, 0.25) is 0 Å². The lowest BCUT2D eigenvalue weighted by Crippen LogP contribution is -2.39. The predicted molar refractivity (Wildman–Crippen MR) is 97.7 cm³/mol. The fraction of sp³-hybridized carbons (Fsp3) is 0.316. The van der Waals surface area contributed by atoms with E-state index in [0.717, 1.165) is 23.9 Å². The summed E-state index contributed by atoms with van der Waals surface area (Å²) in [6.45, 7) is 1.32. The number of aromatic nitrogens is 2. The summed E-state index contributed by atoms with van der Waals surface area (Å²) in [5.41, 5.74) is 1.50. The number of hydrogen-bond donors (Lipinski definition) is 0. The first-order chi connectivity index (χ1) is 12.7. The summed E-state index contributed by atoms with van der Waals surface area (Å²) in [6.07, 6.45) is 5.21. The zero-order valence-corrected chi connectivity index (χ0v) is 15.1.